The minimum Gasteiger partial charge on any atom is -0.497 e. The summed E-state index contributed by atoms with van der Waals surface area (Å²) in [6.45, 7) is 4.00. The van der Waals surface area contributed by atoms with Crippen LogP contribution in [0.5, 0.6) is 5.75 Å². The summed E-state index contributed by atoms with van der Waals surface area (Å²) in [5, 5.41) is 4.24. The van der Waals surface area contributed by atoms with Gasteiger partial charge < -0.3 is 10.1 Å². The molecule has 5 nitrogen and oxygen atoms in total. The van der Waals surface area contributed by atoms with Gasteiger partial charge in [0.15, 0.2) is 0 Å². The van der Waals surface area contributed by atoms with Gasteiger partial charge in [-0.05, 0) is 44.2 Å². The van der Waals surface area contributed by atoms with Gasteiger partial charge in [0, 0.05) is 11.9 Å². The maximum Gasteiger partial charge on any atom is 0.227 e. The highest BCUT2D eigenvalue weighted by Crippen LogP contribution is 2.28. The lowest BCUT2D eigenvalue weighted by atomic mass is 10.3. The van der Waals surface area contributed by atoms with Gasteiger partial charge in [0.2, 0.25) is 5.95 Å². The Labute approximate surface area is 133 Å². The van der Waals surface area contributed by atoms with Crippen molar-refractivity contribution in [2.24, 2.45) is 0 Å². The molecule has 3 rings (SSSR count). The van der Waals surface area contributed by atoms with Crippen LogP contribution < -0.4 is 10.1 Å². The number of aryl methyl sites for hydroxylation is 2. The molecular formula is C16H16N4OS. The van der Waals surface area contributed by atoms with Gasteiger partial charge in [-0.15, -0.1) is 11.3 Å². The van der Waals surface area contributed by atoms with E-state index in [1.54, 1.807) is 24.6 Å². The van der Waals surface area contributed by atoms with Crippen LogP contribution in [0.4, 0.5) is 11.6 Å². The van der Waals surface area contributed by atoms with Crippen LogP contribution in [0, 0.1) is 13.8 Å². The van der Waals surface area contributed by atoms with E-state index in [1.165, 1.54) is 0 Å². The minimum atomic E-state index is 0.563. The molecule has 0 unspecified atom stereocenters. The number of hydrogen-bond donors (Lipinski definition) is 1. The maximum absolute atomic E-state index is 5.15. The average Bonchev–Trinajstić information content (AvgIpc) is 2.87. The van der Waals surface area contributed by atoms with Gasteiger partial charge in [0.05, 0.1) is 28.4 Å². The number of rotatable bonds is 4. The van der Waals surface area contributed by atoms with Crippen molar-refractivity contribution in [3.8, 4) is 16.3 Å². The Hall–Kier alpha value is -2.47. The summed E-state index contributed by atoms with van der Waals surface area (Å²) in [7, 11) is 1.65. The molecular weight excluding hydrogens is 296 g/mol. The van der Waals surface area contributed by atoms with Gasteiger partial charge >= 0.3 is 0 Å². The third kappa shape index (κ3) is 3.07. The number of benzene rings is 1. The molecule has 0 spiro atoms. The quantitative estimate of drug-likeness (QED) is 0.790. The molecule has 1 N–H and O–H groups in total. The zero-order valence-electron chi connectivity index (χ0n) is 12.6. The van der Waals surface area contributed by atoms with Crippen molar-refractivity contribution in [1.29, 1.82) is 0 Å². The smallest absolute Gasteiger partial charge is 0.227 e. The number of anilines is 2. The van der Waals surface area contributed by atoms with Gasteiger partial charge in [-0.3, -0.25) is 0 Å². The molecule has 0 aliphatic carbocycles. The lowest BCUT2D eigenvalue weighted by Crippen LogP contribution is -1.97. The first-order valence-corrected chi connectivity index (χ1v) is 7.66. The summed E-state index contributed by atoms with van der Waals surface area (Å²) in [6, 6.07) is 9.54. The van der Waals surface area contributed by atoms with E-state index in [0.717, 1.165) is 32.7 Å². The Balaban J connectivity index is 1.86. The minimum absolute atomic E-state index is 0.563. The van der Waals surface area contributed by atoms with Crippen molar-refractivity contribution >= 4 is 23.0 Å². The predicted octanol–water partition coefficient (Wildman–Crippen LogP) is 3.97. The third-order valence-corrected chi connectivity index (χ3v) is 4.23. The Morgan fingerprint density at radius 3 is 2.45 bits per heavy atom. The maximum atomic E-state index is 5.15. The van der Waals surface area contributed by atoms with Crippen molar-refractivity contribution in [2.75, 3.05) is 12.4 Å². The number of aromatic nitrogens is 3. The molecule has 0 bridgehead atoms. The Morgan fingerprint density at radius 2 is 1.82 bits per heavy atom. The molecule has 6 heteroatoms. The number of ether oxygens (including phenoxy) is 1. The van der Waals surface area contributed by atoms with Gasteiger partial charge in [-0.25, -0.2) is 15.0 Å². The summed E-state index contributed by atoms with van der Waals surface area (Å²) in [4.78, 5) is 14.4. The van der Waals surface area contributed by atoms with Crippen molar-refractivity contribution in [3.05, 3.63) is 47.2 Å². The third-order valence-electron chi connectivity index (χ3n) is 3.14. The first kappa shape index (κ1) is 14.5. The topological polar surface area (TPSA) is 59.9 Å². The molecule has 0 aliphatic heterocycles. The zero-order valence-corrected chi connectivity index (χ0v) is 13.4. The van der Waals surface area contributed by atoms with Crippen LogP contribution >= 0.6 is 11.3 Å². The van der Waals surface area contributed by atoms with Crippen LogP contribution in [0.2, 0.25) is 0 Å². The average molecular weight is 312 g/mol. The highest BCUT2D eigenvalue weighted by molar-refractivity contribution is 7.15. The normalized spacial score (nSPS) is 10.5. The Bertz CT molecular complexity index is 783. The van der Waals surface area contributed by atoms with Crippen LogP contribution in [-0.4, -0.2) is 22.1 Å². The molecule has 0 fully saturated rings. The molecule has 2 aromatic heterocycles. The largest absolute Gasteiger partial charge is 0.497 e. The number of thiazole rings is 1. The van der Waals surface area contributed by atoms with E-state index < -0.39 is 0 Å². The fraction of sp³-hybridized carbons (Fsp3) is 0.188. The molecule has 0 amide bonds. The van der Waals surface area contributed by atoms with Crippen molar-refractivity contribution < 1.29 is 4.74 Å². The van der Waals surface area contributed by atoms with Crippen molar-refractivity contribution in [1.82, 2.24) is 15.0 Å². The molecule has 1 aromatic carbocycles. The van der Waals surface area contributed by atoms with Crippen molar-refractivity contribution in [2.45, 2.75) is 13.8 Å². The van der Waals surface area contributed by atoms with Crippen LogP contribution in [0.15, 0.2) is 36.5 Å². The standard InChI is InChI=1S/C16H16N4OS/c1-10-15(22-11(2)18-10)14-8-9-17-16(20-14)19-12-4-6-13(21-3)7-5-12/h4-9H,1-3H3,(H,17,19,20). The predicted molar refractivity (Wildman–Crippen MR) is 88.9 cm³/mol. The van der Waals surface area contributed by atoms with E-state index in [-0.39, 0.29) is 0 Å². The lowest BCUT2D eigenvalue weighted by Gasteiger charge is -2.07. The zero-order chi connectivity index (χ0) is 15.5. The summed E-state index contributed by atoms with van der Waals surface area (Å²) in [6.07, 6.45) is 1.75. The Morgan fingerprint density at radius 1 is 1.05 bits per heavy atom. The summed E-state index contributed by atoms with van der Waals surface area (Å²) >= 11 is 1.64. The first-order chi connectivity index (χ1) is 10.7. The first-order valence-electron chi connectivity index (χ1n) is 6.84. The molecule has 0 atom stereocenters. The fourth-order valence-electron chi connectivity index (χ4n) is 2.12. The lowest BCUT2D eigenvalue weighted by molar-refractivity contribution is 0.415. The number of nitrogens with one attached hydrogen (secondary N) is 1. The number of nitrogens with zero attached hydrogens (tertiary/aromatic N) is 3. The van der Waals surface area contributed by atoms with Crippen LogP contribution in [0.25, 0.3) is 10.6 Å². The van der Waals surface area contributed by atoms with Crippen molar-refractivity contribution in [3.63, 3.8) is 0 Å². The monoisotopic (exact) mass is 312 g/mol. The summed E-state index contributed by atoms with van der Waals surface area (Å²) in [5.41, 5.74) is 2.79. The van der Waals surface area contributed by atoms with E-state index in [4.69, 9.17) is 4.74 Å². The highest BCUT2D eigenvalue weighted by atomic mass is 32.1. The van der Waals surface area contributed by atoms with Crippen LogP contribution in [0.1, 0.15) is 10.7 Å². The summed E-state index contributed by atoms with van der Waals surface area (Å²) in [5.74, 6) is 1.38. The van der Waals surface area contributed by atoms with E-state index in [1.807, 2.05) is 44.2 Å². The van der Waals surface area contributed by atoms with Gasteiger partial charge in [-0.1, -0.05) is 0 Å². The second-order valence-electron chi connectivity index (χ2n) is 4.77. The van der Waals surface area contributed by atoms with E-state index in [9.17, 15) is 0 Å². The van der Waals surface area contributed by atoms with Gasteiger partial charge in [0.25, 0.3) is 0 Å². The molecule has 0 saturated heterocycles. The van der Waals surface area contributed by atoms with E-state index >= 15 is 0 Å². The molecule has 2 heterocycles. The molecule has 0 aliphatic rings. The van der Waals surface area contributed by atoms with Crippen LogP contribution in [-0.2, 0) is 0 Å². The second kappa shape index (κ2) is 6.11. The van der Waals surface area contributed by atoms with Crippen LogP contribution in [0.3, 0.4) is 0 Å². The molecule has 112 valence electrons. The highest BCUT2D eigenvalue weighted by Gasteiger charge is 2.10. The SMILES string of the molecule is COc1ccc(Nc2nccc(-c3sc(C)nc3C)n2)cc1. The molecule has 0 saturated carbocycles. The molecule has 22 heavy (non-hydrogen) atoms. The Kier molecular flexibility index (Phi) is 4.02. The molecule has 0 radical (unpaired) electrons. The van der Waals surface area contributed by atoms with Gasteiger partial charge in [-0.2, -0.15) is 0 Å². The van der Waals surface area contributed by atoms with Gasteiger partial charge in [0.1, 0.15) is 5.75 Å². The van der Waals surface area contributed by atoms with E-state index in [2.05, 4.69) is 20.3 Å². The number of hydrogen-bond acceptors (Lipinski definition) is 6. The fourth-order valence-corrected chi connectivity index (χ4v) is 3.01. The molecule has 3 aromatic rings. The number of methoxy groups -OCH3 is 1. The van der Waals surface area contributed by atoms with E-state index in [0.29, 0.717) is 5.95 Å². The second-order valence-corrected chi connectivity index (χ2v) is 5.97. The summed E-state index contributed by atoms with van der Waals surface area (Å²) < 4.78 is 5.15.